The molecule has 0 fully saturated rings. The lowest BCUT2D eigenvalue weighted by Crippen LogP contribution is -2.23. The summed E-state index contributed by atoms with van der Waals surface area (Å²) in [6, 6.07) is 5.54. The molecule has 0 saturated heterocycles. The first-order valence-corrected chi connectivity index (χ1v) is 3.77. The minimum absolute atomic E-state index is 0.181. The average Bonchev–Trinajstić information content (AvgIpc) is 2.06. The second-order valence-corrected chi connectivity index (χ2v) is 2.49. The third kappa shape index (κ3) is 2.74. The minimum atomic E-state index is -0.181. The van der Waals surface area contributed by atoms with Gasteiger partial charge in [-0.1, -0.05) is 18.3 Å². The first-order valence-electron chi connectivity index (χ1n) is 3.36. The van der Waals surface area contributed by atoms with Gasteiger partial charge in [0.15, 0.2) is 0 Å². The quantitative estimate of drug-likeness (QED) is 0.674. The minimum Gasteiger partial charge on any atom is -0.323 e. The maximum Gasteiger partial charge on any atom is 0.0479 e. The lowest BCUT2D eigenvalue weighted by atomic mass is 10.2. The molecule has 1 radical (unpaired) electrons. The van der Waals surface area contributed by atoms with E-state index >= 15 is 0 Å². The summed E-state index contributed by atoms with van der Waals surface area (Å²) in [5, 5.41) is 2.53. The predicted molar refractivity (Wildman–Crippen MR) is 48.5 cm³/mol. The highest BCUT2D eigenvalue weighted by molar-refractivity contribution is 7.79. The second-order valence-electron chi connectivity index (χ2n) is 2.25. The Hall–Kier alpha value is -0.800. The van der Waals surface area contributed by atoms with E-state index in [4.69, 9.17) is 5.73 Å². The molecule has 3 heteroatoms. The van der Waals surface area contributed by atoms with E-state index in [1.165, 1.54) is 0 Å². The van der Waals surface area contributed by atoms with Crippen LogP contribution in [0.1, 0.15) is 5.69 Å². The van der Waals surface area contributed by atoms with Gasteiger partial charge in [0.25, 0.3) is 0 Å². The van der Waals surface area contributed by atoms with Gasteiger partial charge in [0.05, 0.1) is 0 Å². The molecule has 2 N–H and O–H groups in total. The number of nitrogens with two attached hydrogens (primary N) is 1. The van der Waals surface area contributed by atoms with Gasteiger partial charge >= 0.3 is 0 Å². The van der Waals surface area contributed by atoms with E-state index in [0.717, 1.165) is 5.69 Å². The van der Waals surface area contributed by atoms with E-state index in [0.29, 0.717) is 6.42 Å². The molecule has 1 aromatic rings. The van der Waals surface area contributed by atoms with E-state index < -0.39 is 0 Å². The molecule has 0 aliphatic heterocycles. The van der Waals surface area contributed by atoms with Crippen LogP contribution in [-0.2, 0) is 6.42 Å². The fourth-order valence-electron chi connectivity index (χ4n) is 0.786. The van der Waals surface area contributed by atoms with Crippen LogP contribution in [0.5, 0.6) is 0 Å². The van der Waals surface area contributed by atoms with Crippen LogP contribution >= 0.6 is 12.2 Å². The van der Waals surface area contributed by atoms with Gasteiger partial charge in [0.1, 0.15) is 0 Å². The number of hydrogen-bond acceptors (Lipinski definition) is 3. The molecule has 0 saturated carbocycles. The lowest BCUT2D eigenvalue weighted by molar-refractivity contribution is 0.843. The fourth-order valence-corrected chi connectivity index (χ4v) is 0.869. The first kappa shape index (κ1) is 8.30. The summed E-state index contributed by atoms with van der Waals surface area (Å²) < 4.78 is 0. The molecule has 1 atom stereocenters. The highest BCUT2D eigenvalue weighted by Gasteiger charge is 1.99. The molecule has 1 rings (SSSR count). The number of thiocarbonyl (C=S) groups is 1. The molecule has 0 aromatic carbocycles. The van der Waals surface area contributed by atoms with Gasteiger partial charge in [-0.05, 0) is 12.1 Å². The summed E-state index contributed by atoms with van der Waals surface area (Å²) in [5.41, 5.74) is 6.51. The van der Waals surface area contributed by atoms with Crippen molar-refractivity contribution >= 4 is 17.6 Å². The van der Waals surface area contributed by atoms with Gasteiger partial charge in [-0.2, -0.15) is 0 Å². The van der Waals surface area contributed by atoms with Crippen molar-refractivity contribution in [1.82, 2.24) is 4.98 Å². The lowest BCUT2D eigenvalue weighted by Gasteiger charge is -2.01. The van der Waals surface area contributed by atoms with Crippen molar-refractivity contribution in [2.24, 2.45) is 5.73 Å². The Bertz CT molecular complexity index is 223. The van der Waals surface area contributed by atoms with Gasteiger partial charge in [0, 0.05) is 29.7 Å². The van der Waals surface area contributed by atoms with Crippen LogP contribution < -0.4 is 5.73 Å². The van der Waals surface area contributed by atoms with Crippen LogP contribution in [0.4, 0.5) is 0 Å². The summed E-state index contributed by atoms with van der Waals surface area (Å²) in [7, 11) is 0. The molecule has 0 bridgehead atoms. The monoisotopic (exact) mass is 165 g/mol. The third-order valence-electron chi connectivity index (χ3n) is 1.31. The summed E-state index contributed by atoms with van der Waals surface area (Å²) in [4.78, 5) is 4.10. The third-order valence-corrected chi connectivity index (χ3v) is 1.61. The normalized spacial score (nSPS) is 12.5. The predicted octanol–water partition coefficient (Wildman–Crippen LogP) is 0.828. The van der Waals surface area contributed by atoms with E-state index in [1.54, 1.807) is 6.20 Å². The van der Waals surface area contributed by atoms with E-state index in [-0.39, 0.29) is 6.04 Å². The Morgan fingerprint density at radius 3 is 3.00 bits per heavy atom. The molecule has 0 amide bonds. The Labute approximate surface area is 71.4 Å². The van der Waals surface area contributed by atoms with Crippen molar-refractivity contribution in [3.05, 3.63) is 30.1 Å². The summed E-state index contributed by atoms with van der Waals surface area (Å²) in [6.45, 7) is 0. The Kier molecular flexibility index (Phi) is 3.14. The van der Waals surface area contributed by atoms with Crippen molar-refractivity contribution in [2.45, 2.75) is 12.5 Å². The zero-order valence-corrected chi connectivity index (χ0v) is 6.84. The molecule has 0 aliphatic rings. The SMILES string of the molecule is NC([C]=S)Cc1ccccn1. The fraction of sp³-hybridized carbons (Fsp3) is 0.250. The maximum atomic E-state index is 5.55. The number of pyridine rings is 1. The molecule has 1 unspecified atom stereocenters. The summed E-state index contributed by atoms with van der Waals surface area (Å²) in [6.07, 6.45) is 2.41. The molecule has 1 heterocycles. The Morgan fingerprint density at radius 1 is 1.64 bits per heavy atom. The number of hydrogen-bond donors (Lipinski definition) is 1. The van der Waals surface area contributed by atoms with Gasteiger partial charge in [-0.15, -0.1) is 0 Å². The van der Waals surface area contributed by atoms with Crippen molar-refractivity contribution in [3.63, 3.8) is 0 Å². The molecule has 11 heavy (non-hydrogen) atoms. The molecular weight excluding hydrogens is 156 g/mol. The average molecular weight is 165 g/mol. The smallest absolute Gasteiger partial charge is 0.0479 e. The van der Waals surface area contributed by atoms with Gasteiger partial charge < -0.3 is 5.73 Å². The zero-order valence-electron chi connectivity index (χ0n) is 6.03. The largest absolute Gasteiger partial charge is 0.323 e. The maximum absolute atomic E-state index is 5.55. The van der Waals surface area contributed by atoms with Crippen molar-refractivity contribution in [3.8, 4) is 0 Å². The van der Waals surface area contributed by atoms with Crippen LogP contribution in [-0.4, -0.2) is 16.4 Å². The number of rotatable bonds is 3. The molecule has 0 aliphatic carbocycles. The number of aromatic nitrogens is 1. The Balaban J connectivity index is 2.57. The standard InChI is InChI=1S/C8H9N2S/c9-7(6-11)5-8-3-1-2-4-10-8/h1-4,7H,5,9H2. The van der Waals surface area contributed by atoms with Crippen LogP contribution in [0.2, 0.25) is 0 Å². The molecule has 2 nitrogen and oxygen atoms in total. The van der Waals surface area contributed by atoms with Gasteiger partial charge in [-0.25, -0.2) is 0 Å². The summed E-state index contributed by atoms with van der Waals surface area (Å²) >= 11 is 4.57. The van der Waals surface area contributed by atoms with Gasteiger partial charge in [-0.3, -0.25) is 4.98 Å². The van der Waals surface area contributed by atoms with Crippen molar-refractivity contribution < 1.29 is 0 Å². The van der Waals surface area contributed by atoms with Crippen LogP contribution in [0.25, 0.3) is 0 Å². The van der Waals surface area contributed by atoms with E-state index in [9.17, 15) is 0 Å². The van der Waals surface area contributed by atoms with Crippen molar-refractivity contribution in [1.29, 1.82) is 0 Å². The topological polar surface area (TPSA) is 38.9 Å². The molecular formula is C8H9N2S. The van der Waals surface area contributed by atoms with Gasteiger partial charge in [0.2, 0.25) is 0 Å². The highest BCUT2D eigenvalue weighted by atomic mass is 32.1. The van der Waals surface area contributed by atoms with E-state index in [2.05, 4.69) is 22.6 Å². The van der Waals surface area contributed by atoms with E-state index in [1.807, 2.05) is 18.2 Å². The molecule has 1 aromatic heterocycles. The second kappa shape index (κ2) is 4.16. The summed E-state index contributed by atoms with van der Waals surface area (Å²) in [5.74, 6) is 0. The highest BCUT2D eigenvalue weighted by Crippen LogP contribution is 1.95. The Morgan fingerprint density at radius 2 is 2.45 bits per heavy atom. The van der Waals surface area contributed by atoms with Crippen molar-refractivity contribution in [2.75, 3.05) is 0 Å². The van der Waals surface area contributed by atoms with Crippen LogP contribution in [0.3, 0.4) is 0 Å². The van der Waals surface area contributed by atoms with Crippen LogP contribution in [0.15, 0.2) is 24.4 Å². The molecule has 57 valence electrons. The number of nitrogens with zero attached hydrogens (tertiary/aromatic N) is 1. The first-order chi connectivity index (χ1) is 5.33. The zero-order chi connectivity index (χ0) is 8.10. The van der Waals surface area contributed by atoms with Crippen LogP contribution in [0, 0.1) is 0 Å². The molecule has 0 spiro atoms.